The fourth-order valence-electron chi connectivity index (χ4n) is 1.48. The molecule has 0 aromatic heterocycles. The summed E-state index contributed by atoms with van der Waals surface area (Å²) < 4.78 is 0. The molecule has 0 fully saturated rings. The lowest BCUT2D eigenvalue weighted by atomic mass is 9.81. The van der Waals surface area contributed by atoms with Gasteiger partial charge in [-0.1, -0.05) is 39.7 Å². The van der Waals surface area contributed by atoms with Crippen molar-refractivity contribution in [2.75, 3.05) is 0 Å². The van der Waals surface area contributed by atoms with E-state index in [-0.39, 0.29) is 6.04 Å². The van der Waals surface area contributed by atoms with Crippen LogP contribution in [0.4, 0.5) is 0 Å². The molecule has 0 amide bonds. The molecule has 0 radical (unpaired) electrons. The highest BCUT2D eigenvalue weighted by molar-refractivity contribution is 4.87. The van der Waals surface area contributed by atoms with Crippen molar-refractivity contribution in [2.45, 2.75) is 52.5 Å². The summed E-state index contributed by atoms with van der Waals surface area (Å²) in [5, 5.41) is 0. The van der Waals surface area contributed by atoms with Gasteiger partial charge in [0.25, 0.3) is 0 Å². The van der Waals surface area contributed by atoms with Crippen LogP contribution in [0.15, 0.2) is 12.7 Å². The maximum absolute atomic E-state index is 5.81. The summed E-state index contributed by atoms with van der Waals surface area (Å²) in [6.07, 6.45) is 6.73. The van der Waals surface area contributed by atoms with Crippen LogP contribution >= 0.6 is 0 Å². The second-order valence-electron chi connectivity index (χ2n) is 4.37. The minimum Gasteiger partial charge on any atom is -0.324 e. The van der Waals surface area contributed by atoms with E-state index in [2.05, 4.69) is 27.4 Å². The minimum absolute atomic E-state index is 0.164. The van der Waals surface area contributed by atoms with Crippen LogP contribution in [0.3, 0.4) is 0 Å². The molecule has 2 N–H and O–H groups in total. The van der Waals surface area contributed by atoms with Gasteiger partial charge < -0.3 is 5.73 Å². The van der Waals surface area contributed by atoms with Gasteiger partial charge in [-0.15, -0.1) is 6.58 Å². The zero-order valence-electron chi connectivity index (χ0n) is 8.77. The average Bonchev–Trinajstić information content (AvgIpc) is 2.00. The van der Waals surface area contributed by atoms with E-state index in [1.807, 2.05) is 6.08 Å². The first-order chi connectivity index (χ1) is 5.52. The molecule has 12 heavy (non-hydrogen) atoms. The normalized spacial score (nSPS) is 14.3. The molecule has 0 aliphatic heterocycles. The fourth-order valence-corrected chi connectivity index (χ4v) is 1.48. The summed E-state index contributed by atoms with van der Waals surface area (Å²) in [7, 11) is 0. The maximum Gasteiger partial charge on any atom is 0.0226 e. The van der Waals surface area contributed by atoms with E-state index in [1.54, 1.807) is 0 Å². The van der Waals surface area contributed by atoms with E-state index >= 15 is 0 Å². The van der Waals surface area contributed by atoms with Gasteiger partial charge in [0, 0.05) is 6.04 Å². The molecule has 0 aromatic carbocycles. The van der Waals surface area contributed by atoms with Crippen LogP contribution in [0, 0.1) is 5.41 Å². The summed E-state index contributed by atoms with van der Waals surface area (Å²) in [4.78, 5) is 0. The van der Waals surface area contributed by atoms with Crippen LogP contribution < -0.4 is 5.73 Å². The molecule has 0 spiro atoms. The Kier molecular flexibility index (Phi) is 5.23. The molecule has 0 bridgehead atoms. The standard InChI is InChI=1S/C11H23N/c1-5-7-8-11(3,4)9-10(12)6-2/h6,10H,2,5,7-9,12H2,1,3-4H3. The summed E-state index contributed by atoms with van der Waals surface area (Å²) >= 11 is 0. The van der Waals surface area contributed by atoms with Crippen LogP contribution in [0.2, 0.25) is 0 Å². The summed E-state index contributed by atoms with van der Waals surface area (Å²) in [5.41, 5.74) is 6.19. The molecule has 1 heteroatoms. The van der Waals surface area contributed by atoms with Gasteiger partial charge in [0.05, 0.1) is 0 Å². The van der Waals surface area contributed by atoms with Crippen LogP contribution in [0.25, 0.3) is 0 Å². The van der Waals surface area contributed by atoms with Gasteiger partial charge in [-0.3, -0.25) is 0 Å². The highest BCUT2D eigenvalue weighted by Gasteiger charge is 2.18. The number of hydrogen-bond acceptors (Lipinski definition) is 1. The Morgan fingerprint density at radius 1 is 1.50 bits per heavy atom. The lowest BCUT2D eigenvalue weighted by Crippen LogP contribution is -2.25. The van der Waals surface area contributed by atoms with Crippen LogP contribution in [0.5, 0.6) is 0 Å². The zero-order valence-corrected chi connectivity index (χ0v) is 8.77. The predicted octanol–water partition coefficient (Wildman–Crippen LogP) is 3.11. The van der Waals surface area contributed by atoms with E-state index in [9.17, 15) is 0 Å². The van der Waals surface area contributed by atoms with E-state index in [0.29, 0.717) is 5.41 Å². The number of nitrogens with two attached hydrogens (primary N) is 1. The van der Waals surface area contributed by atoms with Gasteiger partial charge in [-0.05, 0) is 18.3 Å². The van der Waals surface area contributed by atoms with Gasteiger partial charge in [0.15, 0.2) is 0 Å². The summed E-state index contributed by atoms with van der Waals surface area (Å²) in [6.45, 7) is 10.5. The van der Waals surface area contributed by atoms with Crippen molar-refractivity contribution in [3.63, 3.8) is 0 Å². The van der Waals surface area contributed by atoms with Gasteiger partial charge in [0.1, 0.15) is 0 Å². The lowest BCUT2D eigenvalue weighted by Gasteiger charge is -2.26. The lowest BCUT2D eigenvalue weighted by molar-refractivity contribution is 0.287. The van der Waals surface area contributed by atoms with Crippen molar-refractivity contribution in [1.82, 2.24) is 0 Å². The molecule has 0 rings (SSSR count). The molecule has 0 saturated heterocycles. The Morgan fingerprint density at radius 3 is 2.50 bits per heavy atom. The third-order valence-corrected chi connectivity index (χ3v) is 2.30. The molecule has 1 nitrogen and oxygen atoms in total. The molecule has 0 aliphatic carbocycles. The predicted molar refractivity (Wildman–Crippen MR) is 56.1 cm³/mol. The molecular formula is C11H23N. The van der Waals surface area contributed by atoms with Gasteiger partial charge in [-0.25, -0.2) is 0 Å². The van der Waals surface area contributed by atoms with Gasteiger partial charge in [-0.2, -0.15) is 0 Å². The molecule has 0 aliphatic rings. The SMILES string of the molecule is C=CC(N)CC(C)(C)CCCC. The van der Waals surface area contributed by atoms with Crippen LogP contribution in [-0.4, -0.2) is 6.04 Å². The van der Waals surface area contributed by atoms with E-state index in [4.69, 9.17) is 5.73 Å². The van der Waals surface area contributed by atoms with E-state index in [1.165, 1.54) is 19.3 Å². The number of unbranched alkanes of at least 4 members (excludes halogenated alkanes) is 1. The molecule has 72 valence electrons. The fraction of sp³-hybridized carbons (Fsp3) is 0.818. The van der Waals surface area contributed by atoms with E-state index in [0.717, 1.165) is 6.42 Å². The smallest absolute Gasteiger partial charge is 0.0226 e. The minimum atomic E-state index is 0.164. The summed E-state index contributed by atoms with van der Waals surface area (Å²) in [5.74, 6) is 0. The largest absolute Gasteiger partial charge is 0.324 e. The molecular weight excluding hydrogens is 146 g/mol. The highest BCUT2D eigenvalue weighted by atomic mass is 14.6. The van der Waals surface area contributed by atoms with Gasteiger partial charge >= 0.3 is 0 Å². The zero-order chi connectivity index (χ0) is 9.61. The quantitative estimate of drug-likeness (QED) is 0.607. The Bertz CT molecular complexity index is 127. The Balaban J connectivity index is 3.77. The Labute approximate surface area is 77.0 Å². The highest BCUT2D eigenvalue weighted by Crippen LogP contribution is 2.28. The van der Waals surface area contributed by atoms with Crippen molar-refractivity contribution >= 4 is 0 Å². The van der Waals surface area contributed by atoms with Crippen molar-refractivity contribution in [3.8, 4) is 0 Å². The van der Waals surface area contributed by atoms with Crippen molar-refractivity contribution < 1.29 is 0 Å². The first kappa shape index (κ1) is 11.7. The van der Waals surface area contributed by atoms with Crippen molar-refractivity contribution in [3.05, 3.63) is 12.7 Å². The Hall–Kier alpha value is -0.300. The van der Waals surface area contributed by atoms with Crippen molar-refractivity contribution in [2.24, 2.45) is 11.1 Å². The average molecular weight is 169 g/mol. The Morgan fingerprint density at radius 2 is 2.08 bits per heavy atom. The first-order valence-corrected chi connectivity index (χ1v) is 4.90. The first-order valence-electron chi connectivity index (χ1n) is 4.90. The van der Waals surface area contributed by atoms with Crippen LogP contribution in [0.1, 0.15) is 46.5 Å². The monoisotopic (exact) mass is 169 g/mol. The molecule has 1 atom stereocenters. The second kappa shape index (κ2) is 5.36. The van der Waals surface area contributed by atoms with Gasteiger partial charge in [0.2, 0.25) is 0 Å². The third-order valence-electron chi connectivity index (χ3n) is 2.30. The molecule has 0 heterocycles. The second-order valence-corrected chi connectivity index (χ2v) is 4.37. The summed E-state index contributed by atoms with van der Waals surface area (Å²) in [6, 6.07) is 0.164. The molecule has 0 saturated carbocycles. The van der Waals surface area contributed by atoms with E-state index < -0.39 is 0 Å². The molecule has 1 unspecified atom stereocenters. The number of hydrogen-bond donors (Lipinski definition) is 1. The molecule has 0 aromatic rings. The number of rotatable bonds is 6. The topological polar surface area (TPSA) is 26.0 Å². The maximum atomic E-state index is 5.81. The van der Waals surface area contributed by atoms with Crippen molar-refractivity contribution in [1.29, 1.82) is 0 Å². The van der Waals surface area contributed by atoms with Crippen LogP contribution in [-0.2, 0) is 0 Å². The third kappa shape index (κ3) is 5.36.